The van der Waals surface area contributed by atoms with Gasteiger partial charge in [-0.2, -0.15) is 0 Å². The van der Waals surface area contributed by atoms with Gasteiger partial charge in [0.15, 0.2) is 0 Å². The van der Waals surface area contributed by atoms with E-state index in [0.29, 0.717) is 26.2 Å². The molecule has 1 aromatic heterocycles. The van der Waals surface area contributed by atoms with Crippen LogP contribution in [-0.2, 0) is 16.1 Å². The summed E-state index contributed by atoms with van der Waals surface area (Å²) >= 11 is 0. The highest BCUT2D eigenvalue weighted by atomic mass is 16.5. The number of methoxy groups -OCH3 is 1. The van der Waals surface area contributed by atoms with Gasteiger partial charge in [0.1, 0.15) is 11.8 Å². The first-order valence-corrected chi connectivity index (χ1v) is 11.1. The first kappa shape index (κ1) is 22.7. The Morgan fingerprint density at radius 3 is 2.61 bits per heavy atom. The number of piperazine rings is 1. The maximum absolute atomic E-state index is 12.7. The molecule has 1 fully saturated rings. The number of ether oxygens (including phenoxy) is 1. The summed E-state index contributed by atoms with van der Waals surface area (Å²) in [5.41, 5.74) is 11.2. The summed E-state index contributed by atoms with van der Waals surface area (Å²) in [6, 6.07) is 13.3. The number of rotatable bonds is 7. The van der Waals surface area contributed by atoms with Crippen LogP contribution in [-0.4, -0.2) is 61.0 Å². The second kappa shape index (κ2) is 9.54. The number of nitrogens with two attached hydrogens (primary N) is 1. The van der Waals surface area contributed by atoms with Gasteiger partial charge in [0.25, 0.3) is 0 Å². The van der Waals surface area contributed by atoms with Crippen LogP contribution in [0.15, 0.2) is 42.5 Å². The topological polar surface area (TPSA) is 104 Å². The molecule has 174 valence electrons. The summed E-state index contributed by atoms with van der Waals surface area (Å²) < 4.78 is 5.21. The van der Waals surface area contributed by atoms with Crippen LogP contribution in [0.2, 0.25) is 0 Å². The molecule has 0 saturated carbocycles. The zero-order chi connectivity index (χ0) is 23.5. The van der Waals surface area contributed by atoms with Crippen LogP contribution in [0.3, 0.4) is 0 Å². The maximum atomic E-state index is 12.7. The molecule has 2 aromatic carbocycles. The highest BCUT2D eigenvalue weighted by Gasteiger charge is 2.32. The Labute approximate surface area is 193 Å². The SMILES string of the molecule is COc1ccc(N2CCN(CC(=O)NCc3ccc4[nH]c(C)c(C)c4c3)C(C(N)=O)C2)cc1. The minimum absolute atomic E-state index is 0.124. The van der Waals surface area contributed by atoms with Crippen LogP contribution in [0.4, 0.5) is 5.69 Å². The third kappa shape index (κ3) is 4.96. The van der Waals surface area contributed by atoms with Crippen molar-refractivity contribution in [1.29, 1.82) is 0 Å². The molecule has 2 heterocycles. The van der Waals surface area contributed by atoms with Gasteiger partial charge in [-0.3, -0.25) is 14.5 Å². The first-order chi connectivity index (χ1) is 15.9. The van der Waals surface area contributed by atoms with E-state index in [1.807, 2.05) is 41.3 Å². The highest BCUT2D eigenvalue weighted by molar-refractivity contribution is 5.85. The zero-order valence-corrected chi connectivity index (χ0v) is 19.4. The average molecular weight is 450 g/mol. The van der Waals surface area contributed by atoms with E-state index in [0.717, 1.165) is 28.2 Å². The second-order valence-electron chi connectivity index (χ2n) is 8.56. The number of H-pyrrole nitrogens is 1. The predicted molar refractivity (Wildman–Crippen MR) is 129 cm³/mol. The summed E-state index contributed by atoms with van der Waals surface area (Å²) in [5.74, 6) is 0.229. The quantitative estimate of drug-likeness (QED) is 0.512. The number of anilines is 1. The fourth-order valence-corrected chi connectivity index (χ4v) is 4.37. The monoisotopic (exact) mass is 449 g/mol. The molecule has 0 bridgehead atoms. The molecule has 1 atom stereocenters. The molecule has 8 heteroatoms. The molecule has 33 heavy (non-hydrogen) atoms. The summed E-state index contributed by atoms with van der Waals surface area (Å²) in [6.45, 7) is 6.43. The summed E-state index contributed by atoms with van der Waals surface area (Å²) in [4.78, 5) is 32.2. The molecule has 4 rings (SSSR count). The molecule has 3 aromatic rings. The number of benzene rings is 2. The van der Waals surface area contributed by atoms with E-state index in [1.54, 1.807) is 7.11 Å². The van der Waals surface area contributed by atoms with Crippen molar-refractivity contribution in [2.75, 3.05) is 38.2 Å². The Balaban J connectivity index is 1.36. The molecular weight excluding hydrogens is 418 g/mol. The largest absolute Gasteiger partial charge is 0.497 e. The van der Waals surface area contributed by atoms with Crippen molar-refractivity contribution < 1.29 is 14.3 Å². The number of primary amides is 1. The lowest BCUT2D eigenvalue weighted by molar-refractivity contribution is -0.127. The van der Waals surface area contributed by atoms with Gasteiger partial charge in [-0.05, 0) is 61.4 Å². The molecule has 0 aliphatic carbocycles. The Morgan fingerprint density at radius 1 is 1.15 bits per heavy atom. The van der Waals surface area contributed by atoms with E-state index in [1.165, 1.54) is 10.9 Å². The number of aromatic amines is 1. The van der Waals surface area contributed by atoms with Gasteiger partial charge in [-0.15, -0.1) is 0 Å². The van der Waals surface area contributed by atoms with Crippen molar-refractivity contribution in [3.05, 3.63) is 59.3 Å². The van der Waals surface area contributed by atoms with Crippen LogP contribution >= 0.6 is 0 Å². The number of amides is 2. The van der Waals surface area contributed by atoms with Crippen molar-refractivity contribution in [1.82, 2.24) is 15.2 Å². The number of carbonyl (C=O) groups is 2. The van der Waals surface area contributed by atoms with Gasteiger partial charge in [-0.25, -0.2) is 0 Å². The Morgan fingerprint density at radius 2 is 1.91 bits per heavy atom. The molecule has 1 aliphatic heterocycles. The number of aryl methyl sites for hydroxylation is 2. The molecular formula is C25H31N5O3. The molecule has 0 radical (unpaired) electrons. The summed E-state index contributed by atoms with van der Waals surface area (Å²) in [7, 11) is 1.63. The fourth-order valence-electron chi connectivity index (χ4n) is 4.37. The lowest BCUT2D eigenvalue weighted by atomic mass is 10.1. The van der Waals surface area contributed by atoms with Crippen LogP contribution in [0.25, 0.3) is 10.9 Å². The van der Waals surface area contributed by atoms with E-state index in [-0.39, 0.29) is 12.5 Å². The maximum Gasteiger partial charge on any atom is 0.236 e. The van der Waals surface area contributed by atoms with Gasteiger partial charge >= 0.3 is 0 Å². The van der Waals surface area contributed by atoms with E-state index in [4.69, 9.17) is 10.5 Å². The van der Waals surface area contributed by atoms with Crippen LogP contribution < -0.4 is 20.7 Å². The highest BCUT2D eigenvalue weighted by Crippen LogP contribution is 2.23. The first-order valence-electron chi connectivity index (χ1n) is 11.1. The van der Waals surface area contributed by atoms with Gasteiger partial charge in [0.05, 0.1) is 13.7 Å². The van der Waals surface area contributed by atoms with Gasteiger partial charge in [0.2, 0.25) is 11.8 Å². The Bertz CT molecular complexity index is 1150. The number of aromatic nitrogens is 1. The normalized spacial score (nSPS) is 16.7. The lowest BCUT2D eigenvalue weighted by Crippen LogP contribution is -2.60. The predicted octanol–water partition coefficient (Wildman–Crippen LogP) is 2.09. The number of nitrogens with one attached hydrogen (secondary N) is 2. The molecule has 0 spiro atoms. The van der Waals surface area contributed by atoms with E-state index in [9.17, 15) is 9.59 Å². The van der Waals surface area contributed by atoms with Gasteiger partial charge in [-0.1, -0.05) is 6.07 Å². The fraction of sp³-hybridized carbons (Fsp3) is 0.360. The molecule has 1 aliphatic rings. The number of hydrogen-bond donors (Lipinski definition) is 3. The summed E-state index contributed by atoms with van der Waals surface area (Å²) in [5, 5.41) is 4.15. The van der Waals surface area contributed by atoms with E-state index in [2.05, 4.69) is 35.1 Å². The van der Waals surface area contributed by atoms with Crippen LogP contribution in [0.5, 0.6) is 5.75 Å². The lowest BCUT2D eigenvalue weighted by Gasteiger charge is -2.40. The Kier molecular flexibility index (Phi) is 6.55. The minimum Gasteiger partial charge on any atom is -0.497 e. The molecule has 1 saturated heterocycles. The van der Waals surface area contributed by atoms with Crippen LogP contribution in [0.1, 0.15) is 16.8 Å². The standard InChI is InChI=1S/C25H31N5O3/c1-16-17(2)28-22-9-4-18(12-21(16)22)13-27-24(31)15-30-11-10-29(14-23(30)25(26)32)19-5-7-20(33-3)8-6-19/h4-9,12,23,28H,10-11,13-15H2,1-3H3,(H2,26,32)(H,27,31). The summed E-state index contributed by atoms with van der Waals surface area (Å²) in [6.07, 6.45) is 0. The third-order valence-electron chi connectivity index (χ3n) is 6.47. The smallest absolute Gasteiger partial charge is 0.236 e. The number of carbonyl (C=O) groups excluding carboxylic acids is 2. The van der Waals surface area contributed by atoms with E-state index >= 15 is 0 Å². The molecule has 1 unspecified atom stereocenters. The number of nitrogens with zero attached hydrogens (tertiary/aromatic N) is 2. The average Bonchev–Trinajstić information content (AvgIpc) is 3.11. The van der Waals surface area contributed by atoms with Crippen molar-refractivity contribution in [2.45, 2.75) is 26.4 Å². The van der Waals surface area contributed by atoms with Crippen molar-refractivity contribution in [3.63, 3.8) is 0 Å². The van der Waals surface area contributed by atoms with Gasteiger partial charge in [0, 0.05) is 48.5 Å². The molecule has 8 nitrogen and oxygen atoms in total. The second-order valence-corrected chi connectivity index (χ2v) is 8.56. The Hall–Kier alpha value is -3.52. The molecule has 2 amide bonds. The molecule has 4 N–H and O–H groups in total. The van der Waals surface area contributed by atoms with Crippen molar-refractivity contribution >= 4 is 28.4 Å². The van der Waals surface area contributed by atoms with Gasteiger partial charge < -0.3 is 25.7 Å². The third-order valence-corrected chi connectivity index (χ3v) is 6.47. The van der Waals surface area contributed by atoms with E-state index < -0.39 is 11.9 Å². The zero-order valence-electron chi connectivity index (χ0n) is 19.4. The minimum atomic E-state index is -0.534. The van der Waals surface area contributed by atoms with Crippen molar-refractivity contribution in [3.8, 4) is 5.75 Å². The van der Waals surface area contributed by atoms with Crippen molar-refractivity contribution in [2.24, 2.45) is 5.73 Å². The number of fused-ring (bicyclic) bond motifs is 1. The number of hydrogen-bond acceptors (Lipinski definition) is 5. The van der Waals surface area contributed by atoms with Crippen LogP contribution in [0, 0.1) is 13.8 Å².